The Balaban J connectivity index is 3.77. The third kappa shape index (κ3) is 5.51. The lowest BCUT2D eigenvalue weighted by atomic mass is 9.98. The van der Waals surface area contributed by atoms with Crippen LogP contribution < -0.4 is 5.32 Å². The predicted octanol–water partition coefficient (Wildman–Crippen LogP) is 3.49. The number of hydrogen-bond donors (Lipinski definition) is 1. The minimum absolute atomic E-state index is 0.648. The topological polar surface area (TPSA) is 12.0 Å². The van der Waals surface area contributed by atoms with E-state index in [0.717, 1.165) is 6.54 Å². The highest BCUT2D eigenvalue weighted by Gasteiger charge is 2.07. The zero-order valence-electron chi connectivity index (χ0n) is 9.27. The molecule has 0 aromatic heterocycles. The van der Waals surface area contributed by atoms with E-state index >= 15 is 0 Å². The predicted molar refractivity (Wildman–Crippen MR) is 60.6 cm³/mol. The van der Waals surface area contributed by atoms with E-state index in [4.69, 9.17) is 0 Å². The smallest absolute Gasteiger partial charge is 0.0327 e. The lowest BCUT2D eigenvalue weighted by Crippen LogP contribution is -2.19. The first-order chi connectivity index (χ1) is 6.26. The molecule has 1 atom stereocenters. The van der Waals surface area contributed by atoms with Crippen molar-refractivity contribution in [3.63, 3.8) is 0 Å². The molecule has 0 fully saturated rings. The van der Waals surface area contributed by atoms with Crippen molar-refractivity contribution in [3.8, 4) is 0 Å². The molecule has 0 saturated heterocycles. The first-order valence-corrected chi connectivity index (χ1v) is 5.30. The molecule has 0 heterocycles. The van der Waals surface area contributed by atoms with Crippen molar-refractivity contribution in [2.45, 2.75) is 40.0 Å². The molecule has 0 amide bonds. The maximum atomic E-state index is 4.07. The highest BCUT2D eigenvalue weighted by Crippen LogP contribution is 2.16. The van der Waals surface area contributed by atoms with Gasteiger partial charge in [0.25, 0.3) is 0 Å². The fraction of sp³-hybridized carbons (Fsp3) is 0.667. The van der Waals surface area contributed by atoms with Crippen LogP contribution in [-0.4, -0.2) is 6.54 Å². The van der Waals surface area contributed by atoms with Crippen LogP contribution in [0, 0.1) is 5.92 Å². The Bertz CT molecular complexity index is 159. The Morgan fingerprint density at radius 1 is 1.46 bits per heavy atom. The quantitative estimate of drug-likeness (QED) is 0.593. The average Bonchev–Trinajstić information content (AvgIpc) is 2.14. The van der Waals surface area contributed by atoms with Gasteiger partial charge < -0.3 is 5.32 Å². The lowest BCUT2D eigenvalue weighted by Gasteiger charge is -2.17. The SMILES string of the molecule is C=C(NC/C=C/C)C(CC)CCC. The minimum atomic E-state index is 0.648. The molecule has 0 rings (SSSR count). The molecule has 0 aliphatic carbocycles. The summed E-state index contributed by atoms with van der Waals surface area (Å²) in [6.45, 7) is 11.5. The molecular formula is C12H23N. The van der Waals surface area contributed by atoms with Crippen molar-refractivity contribution in [2.75, 3.05) is 6.54 Å². The van der Waals surface area contributed by atoms with Gasteiger partial charge in [-0.15, -0.1) is 0 Å². The number of nitrogens with one attached hydrogen (secondary N) is 1. The largest absolute Gasteiger partial charge is 0.385 e. The van der Waals surface area contributed by atoms with E-state index in [1.807, 2.05) is 6.92 Å². The molecule has 0 spiro atoms. The molecule has 13 heavy (non-hydrogen) atoms. The highest BCUT2D eigenvalue weighted by molar-refractivity contribution is 4.99. The average molecular weight is 181 g/mol. The van der Waals surface area contributed by atoms with Crippen molar-refractivity contribution >= 4 is 0 Å². The summed E-state index contributed by atoms with van der Waals surface area (Å²) in [7, 11) is 0. The van der Waals surface area contributed by atoms with Gasteiger partial charge in [0.2, 0.25) is 0 Å². The summed E-state index contributed by atoms with van der Waals surface area (Å²) in [5.74, 6) is 0.648. The van der Waals surface area contributed by atoms with Crippen molar-refractivity contribution in [2.24, 2.45) is 5.92 Å². The summed E-state index contributed by atoms with van der Waals surface area (Å²) in [6.07, 6.45) is 7.85. The second-order valence-corrected chi connectivity index (χ2v) is 3.37. The monoisotopic (exact) mass is 181 g/mol. The fourth-order valence-corrected chi connectivity index (χ4v) is 1.43. The summed E-state index contributed by atoms with van der Waals surface area (Å²) in [4.78, 5) is 0. The van der Waals surface area contributed by atoms with Crippen LogP contribution in [0.15, 0.2) is 24.4 Å². The number of hydrogen-bond acceptors (Lipinski definition) is 1. The first kappa shape index (κ1) is 12.3. The molecule has 0 aliphatic heterocycles. The molecule has 76 valence electrons. The standard InChI is InChI=1S/C12H23N/c1-5-8-10-13-11(4)12(7-3)9-6-2/h5,8,12-13H,4,6-7,9-10H2,1-3H3/b8-5+. The van der Waals surface area contributed by atoms with E-state index < -0.39 is 0 Å². The normalized spacial score (nSPS) is 13.2. The molecule has 1 unspecified atom stereocenters. The van der Waals surface area contributed by atoms with Crippen LogP contribution in [0.5, 0.6) is 0 Å². The molecule has 1 nitrogen and oxygen atoms in total. The van der Waals surface area contributed by atoms with E-state index in [1.165, 1.54) is 25.0 Å². The summed E-state index contributed by atoms with van der Waals surface area (Å²) < 4.78 is 0. The molecular weight excluding hydrogens is 158 g/mol. The van der Waals surface area contributed by atoms with Crippen LogP contribution in [-0.2, 0) is 0 Å². The number of rotatable bonds is 7. The van der Waals surface area contributed by atoms with Gasteiger partial charge in [-0.3, -0.25) is 0 Å². The molecule has 0 aliphatic rings. The van der Waals surface area contributed by atoms with E-state index in [0.29, 0.717) is 5.92 Å². The van der Waals surface area contributed by atoms with E-state index in [-0.39, 0.29) is 0 Å². The van der Waals surface area contributed by atoms with Gasteiger partial charge >= 0.3 is 0 Å². The molecule has 1 N–H and O–H groups in total. The van der Waals surface area contributed by atoms with Gasteiger partial charge in [0.05, 0.1) is 0 Å². The highest BCUT2D eigenvalue weighted by atomic mass is 14.9. The Morgan fingerprint density at radius 2 is 2.15 bits per heavy atom. The van der Waals surface area contributed by atoms with E-state index in [2.05, 4.69) is 37.9 Å². The molecule has 0 radical (unpaired) electrons. The lowest BCUT2D eigenvalue weighted by molar-refractivity contribution is 0.506. The Morgan fingerprint density at radius 3 is 2.62 bits per heavy atom. The Hall–Kier alpha value is -0.720. The van der Waals surface area contributed by atoms with Crippen LogP contribution in [0.1, 0.15) is 40.0 Å². The van der Waals surface area contributed by atoms with Crippen LogP contribution >= 0.6 is 0 Å². The molecule has 0 aromatic carbocycles. The Kier molecular flexibility index (Phi) is 7.47. The fourth-order valence-electron chi connectivity index (χ4n) is 1.43. The van der Waals surface area contributed by atoms with Gasteiger partial charge in [0.1, 0.15) is 0 Å². The molecule has 0 saturated carbocycles. The third-order valence-corrected chi connectivity index (χ3v) is 2.31. The van der Waals surface area contributed by atoms with Gasteiger partial charge in [0.15, 0.2) is 0 Å². The van der Waals surface area contributed by atoms with E-state index in [9.17, 15) is 0 Å². The van der Waals surface area contributed by atoms with Crippen molar-refractivity contribution in [3.05, 3.63) is 24.4 Å². The maximum absolute atomic E-state index is 4.07. The van der Waals surface area contributed by atoms with Crippen molar-refractivity contribution in [1.29, 1.82) is 0 Å². The summed E-state index contributed by atoms with van der Waals surface area (Å²) in [6, 6.07) is 0. The van der Waals surface area contributed by atoms with Crippen LogP contribution in [0.2, 0.25) is 0 Å². The van der Waals surface area contributed by atoms with Crippen LogP contribution in [0.4, 0.5) is 0 Å². The van der Waals surface area contributed by atoms with Crippen molar-refractivity contribution < 1.29 is 0 Å². The number of allylic oxidation sites excluding steroid dienone is 2. The van der Waals surface area contributed by atoms with Gasteiger partial charge in [0, 0.05) is 12.2 Å². The minimum Gasteiger partial charge on any atom is -0.385 e. The van der Waals surface area contributed by atoms with Crippen molar-refractivity contribution in [1.82, 2.24) is 5.32 Å². The van der Waals surface area contributed by atoms with Gasteiger partial charge in [-0.2, -0.15) is 0 Å². The molecule has 0 aromatic rings. The summed E-state index contributed by atoms with van der Waals surface area (Å²) >= 11 is 0. The second-order valence-electron chi connectivity index (χ2n) is 3.37. The molecule has 0 bridgehead atoms. The Labute approximate surface area is 82.9 Å². The van der Waals surface area contributed by atoms with Crippen LogP contribution in [0.3, 0.4) is 0 Å². The zero-order valence-corrected chi connectivity index (χ0v) is 9.27. The van der Waals surface area contributed by atoms with E-state index in [1.54, 1.807) is 0 Å². The summed E-state index contributed by atoms with van der Waals surface area (Å²) in [5, 5.41) is 3.34. The maximum Gasteiger partial charge on any atom is 0.0327 e. The summed E-state index contributed by atoms with van der Waals surface area (Å²) in [5.41, 5.74) is 1.20. The third-order valence-electron chi connectivity index (χ3n) is 2.31. The molecule has 1 heteroatoms. The first-order valence-electron chi connectivity index (χ1n) is 5.30. The zero-order chi connectivity index (χ0) is 10.1. The van der Waals surface area contributed by atoms with Gasteiger partial charge in [-0.1, -0.05) is 39.0 Å². The van der Waals surface area contributed by atoms with Gasteiger partial charge in [-0.05, 0) is 25.7 Å². The van der Waals surface area contributed by atoms with Gasteiger partial charge in [-0.25, -0.2) is 0 Å². The van der Waals surface area contributed by atoms with Crippen LogP contribution in [0.25, 0.3) is 0 Å². The second kappa shape index (κ2) is 7.90.